The smallest absolute Gasteiger partial charge is 0.306 e. The van der Waals surface area contributed by atoms with Gasteiger partial charge in [0.1, 0.15) is 0 Å². The van der Waals surface area contributed by atoms with Gasteiger partial charge in [0.2, 0.25) is 0 Å². The maximum Gasteiger partial charge on any atom is 0.306 e. The first-order valence-electron chi connectivity index (χ1n) is 10.8. The van der Waals surface area contributed by atoms with E-state index in [1.165, 1.54) is 19.3 Å². The molecule has 0 atom stereocenters. The van der Waals surface area contributed by atoms with E-state index in [-0.39, 0.29) is 30.9 Å². The number of rotatable bonds is 8. The fraction of sp³-hybridized carbons (Fsp3) is 0.773. The molecule has 1 amide bonds. The number of hydrogen-bond acceptors (Lipinski definition) is 4. The van der Waals surface area contributed by atoms with Crippen LogP contribution in [0.25, 0.3) is 0 Å². The average molecular weight is 392 g/mol. The van der Waals surface area contributed by atoms with Gasteiger partial charge in [0, 0.05) is 24.7 Å². The van der Waals surface area contributed by atoms with Crippen LogP contribution in [0.5, 0.6) is 0 Å². The number of aryl methyl sites for hydroxylation is 1. The van der Waals surface area contributed by atoms with Gasteiger partial charge < -0.3 is 10.1 Å². The maximum absolute atomic E-state index is 12.1. The number of amides is 1. The third-order valence-electron chi connectivity index (χ3n) is 5.48. The summed E-state index contributed by atoms with van der Waals surface area (Å²) in [6.07, 6.45) is 9.03. The van der Waals surface area contributed by atoms with Gasteiger partial charge in [-0.15, -0.1) is 0 Å². The number of nitrogens with zero attached hydrogens (tertiary/aromatic N) is 2. The van der Waals surface area contributed by atoms with Gasteiger partial charge in [0.25, 0.3) is 5.91 Å². The lowest BCUT2D eigenvalue weighted by Gasteiger charge is -2.20. The average Bonchev–Trinajstić information content (AvgIpc) is 2.86. The first kappa shape index (κ1) is 22.4. The van der Waals surface area contributed by atoms with Gasteiger partial charge in [0.15, 0.2) is 6.61 Å². The van der Waals surface area contributed by atoms with Crippen LogP contribution in [0.1, 0.15) is 82.2 Å². The molecule has 6 heteroatoms. The fourth-order valence-corrected chi connectivity index (χ4v) is 3.93. The Balaban J connectivity index is 1.73. The highest BCUT2D eigenvalue weighted by atomic mass is 16.5. The summed E-state index contributed by atoms with van der Waals surface area (Å²) >= 11 is 0. The van der Waals surface area contributed by atoms with Crippen LogP contribution >= 0.6 is 0 Å². The van der Waals surface area contributed by atoms with E-state index in [1.54, 1.807) is 0 Å². The molecular weight excluding hydrogens is 354 g/mol. The van der Waals surface area contributed by atoms with Crippen molar-refractivity contribution in [2.45, 2.75) is 98.1 Å². The number of carbonyl (C=O) groups is 2. The third-order valence-corrected chi connectivity index (χ3v) is 5.48. The lowest BCUT2D eigenvalue weighted by Crippen LogP contribution is -2.38. The molecule has 6 nitrogen and oxygen atoms in total. The minimum Gasteiger partial charge on any atom is -0.456 e. The summed E-state index contributed by atoms with van der Waals surface area (Å²) in [7, 11) is 0. The maximum atomic E-state index is 12.1. The van der Waals surface area contributed by atoms with Crippen molar-refractivity contribution < 1.29 is 14.3 Å². The zero-order chi connectivity index (χ0) is 20.5. The summed E-state index contributed by atoms with van der Waals surface area (Å²) in [5.41, 5.74) is 3.19. The Kier molecular flexibility index (Phi) is 9.00. The topological polar surface area (TPSA) is 73.2 Å². The molecule has 1 aromatic rings. The number of nitrogens with one attached hydrogen (secondary N) is 1. The Bertz CT molecular complexity index is 644. The summed E-state index contributed by atoms with van der Waals surface area (Å²) in [4.78, 5) is 24.2. The van der Waals surface area contributed by atoms with E-state index in [4.69, 9.17) is 4.74 Å². The number of esters is 1. The van der Waals surface area contributed by atoms with Crippen LogP contribution in [-0.4, -0.2) is 34.3 Å². The Morgan fingerprint density at radius 1 is 1.14 bits per heavy atom. The fourth-order valence-electron chi connectivity index (χ4n) is 3.93. The van der Waals surface area contributed by atoms with Crippen molar-refractivity contribution in [3.63, 3.8) is 0 Å². The standard InChI is InChI=1S/C22H37N3O3/c1-16(2)14-25-18(4)20(17(3)24-25)12-13-22(27)28-15-21(26)23-19-10-8-6-5-7-9-11-19/h16,19H,5-15H2,1-4H3,(H,23,26). The molecular formula is C22H37N3O3. The van der Waals surface area contributed by atoms with Crippen molar-refractivity contribution >= 4 is 11.9 Å². The van der Waals surface area contributed by atoms with Crippen LogP contribution in [-0.2, 0) is 27.3 Å². The van der Waals surface area contributed by atoms with Crippen LogP contribution in [0.15, 0.2) is 0 Å². The molecule has 0 bridgehead atoms. The zero-order valence-corrected chi connectivity index (χ0v) is 18.1. The van der Waals surface area contributed by atoms with E-state index in [0.717, 1.165) is 49.2 Å². The molecule has 1 aromatic heterocycles. The Morgan fingerprint density at radius 3 is 2.43 bits per heavy atom. The molecule has 0 aliphatic heterocycles. The molecule has 1 saturated carbocycles. The Morgan fingerprint density at radius 2 is 1.79 bits per heavy atom. The highest BCUT2D eigenvalue weighted by Gasteiger charge is 2.17. The van der Waals surface area contributed by atoms with Crippen molar-refractivity contribution in [3.05, 3.63) is 17.0 Å². The SMILES string of the molecule is Cc1nn(CC(C)C)c(C)c1CCC(=O)OCC(=O)NC1CCCCCCC1. The molecule has 1 N–H and O–H groups in total. The summed E-state index contributed by atoms with van der Waals surface area (Å²) in [6.45, 7) is 9.04. The van der Waals surface area contributed by atoms with E-state index in [2.05, 4.69) is 24.3 Å². The first-order chi connectivity index (χ1) is 13.4. The highest BCUT2D eigenvalue weighted by molar-refractivity contribution is 5.80. The third kappa shape index (κ3) is 7.28. The van der Waals surface area contributed by atoms with Crippen molar-refractivity contribution in [1.29, 1.82) is 0 Å². The molecule has 1 fully saturated rings. The molecule has 0 saturated heterocycles. The second-order valence-corrected chi connectivity index (χ2v) is 8.50. The summed E-state index contributed by atoms with van der Waals surface area (Å²) < 4.78 is 7.21. The molecule has 0 aromatic carbocycles. The molecule has 0 radical (unpaired) electrons. The molecule has 0 spiro atoms. The molecule has 28 heavy (non-hydrogen) atoms. The van der Waals surface area contributed by atoms with Gasteiger partial charge in [0.05, 0.1) is 5.69 Å². The number of ether oxygens (including phenoxy) is 1. The van der Waals surface area contributed by atoms with Crippen molar-refractivity contribution in [2.24, 2.45) is 5.92 Å². The van der Waals surface area contributed by atoms with Crippen LogP contribution < -0.4 is 5.32 Å². The summed E-state index contributed by atoms with van der Waals surface area (Å²) in [6, 6.07) is 0.226. The minimum atomic E-state index is -0.330. The molecule has 1 aliphatic rings. The van der Waals surface area contributed by atoms with E-state index in [1.807, 2.05) is 18.5 Å². The second-order valence-electron chi connectivity index (χ2n) is 8.50. The Labute approximate surface area is 169 Å². The van der Waals surface area contributed by atoms with Gasteiger partial charge in [-0.3, -0.25) is 14.3 Å². The lowest BCUT2D eigenvalue weighted by molar-refractivity contribution is -0.148. The lowest BCUT2D eigenvalue weighted by atomic mass is 9.97. The van der Waals surface area contributed by atoms with Gasteiger partial charge >= 0.3 is 5.97 Å². The predicted molar refractivity (Wildman–Crippen MR) is 110 cm³/mol. The first-order valence-corrected chi connectivity index (χ1v) is 10.8. The molecule has 0 unspecified atom stereocenters. The molecule has 1 aliphatic carbocycles. The van der Waals surface area contributed by atoms with Crippen molar-refractivity contribution in [3.8, 4) is 0 Å². The Hall–Kier alpha value is -1.85. The van der Waals surface area contributed by atoms with Gasteiger partial charge in [-0.25, -0.2) is 0 Å². The summed E-state index contributed by atoms with van der Waals surface area (Å²) in [5.74, 6) is 0.00595. The van der Waals surface area contributed by atoms with E-state index in [0.29, 0.717) is 12.3 Å². The molecule has 158 valence electrons. The minimum absolute atomic E-state index is 0.181. The van der Waals surface area contributed by atoms with Crippen LogP contribution in [0, 0.1) is 19.8 Å². The van der Waals surface area contributed by atoms with Gasteiger partial charge in [-0.1, -0.05) is 46.0 Å². The quantitative estimate of drug-likeness (QED) is 0.683. The van der Waals surface area contributed by atoms with Gasteiger partial charge in [-0.2, -0.15) is 5.10 Å². The number of carbonyl (C=O) groups excluding carboxylic acids is 2. The molecule has 2 rings (SSSR count). The normalized spacial score (nSPS) is 15.9. The monoisotopic (exact) mass is 391 g/mol. The highest BCUT2D eigenvalue weighted by Crippen LogP contribution is 2.18. The van der Waals surface area contributed by atoms with E-state index >= 15 is 0 Å². The van der Waals surface area contributed by atoms with Crippen molar-refractivity contribution in [2.75, 3.05) is 6.61 Å². The second kappa shape index (κ2) is 11.2. The van der Waals surface area contributed by atoms with Crippen LogP contribution in [0.4, 0.5) is 0 Å². The van der Waals surface area contributed by atoms with E-state index in [9.17, 15) is 9.59 Å². The van der Waals surface area contributed by atoms with E-state index < -0.39 is 0 Å². The number of aromatic nitrogens is 2. The number of hydrogen-bond donors (Lipinski definition) is 1. The van der Waals surface area contributed by atoms with Gasteiger partial charge in [-0.05, 0) is 44.6 Å². The zero-order valence-electron chi connectivity index (χ0n) is 18.1. The van der Waals surface area contributed by atoms with Crippen molar-refractivity contribution in [1.82, 2.24) is 15.1 Å². The van der Waals surface area contributed by atoms with Crippen LogP contribution in [0.2, 0.25) is 0 Å². The predicted octanol–water partition coefficient (Wildman–Crippen LogP) is 3.86. The summed E-state index contributed by atoms with van der Waals surface area (Å²) in [5, 5.41) is 7.61. The van der Waals surface area contributed by atoms with Crippen LogP contribution in [0.3, 0.4) is 0 Å². The molecule has 1 heterocycles. The largest absolute Gasteiger partial charge is 0.456 e.